The zero-order valence-electron chi connectivity index (χ0n) is 17.1. The third-order valence-corrected chi connectivity index (χ3v) is 5.01. The van der Waals surface area contributed by atoms with Gasteiger partial charge in [-0.3, -0.25) is 4.79 Å². The Kier molecular flexibility index (Phi) is 7.96. The van der Waals surface area contributed by atoms with Crippen LogP contribution < -0.4 is 0 Å². The summed E-state index contributed by atoms with van der Waals surface area (Å²) < 4.78 is 15.6. The van der Waals surface area contributed by atoms with Gasteiger partial charge in [0, 0.05) is 18.9 Å². The van der Waals surface area contributed by atoms with Crippen molar-refractivity contribution >= 4 is 17.9 Å². The van der Waals surface area contributed by atoms with E-state index in [9.17, 15) is 19.5 Å². The average molecular weight is 404 g/mol. The van der Waals surface area contributed by atoms with E-state index in [1.807, 2.05) is 6.92 Å². The van der Waals surface area contributed by atoms with E-state index in [-0.39, 0.29) is 24.4 Å². The molecule has 1 heterocycles. The highest BCUT2D eigenvalue weighted by atomic mass is 16.6. The molecule has 2 rings (SSSR count). The van der Waals surface area contributed by atoms with Gasteiger partial charge in [0.2, 0.25) is 0 Å². The molecule has 0 aromatic rings. The number of ether oxygens (including phenoxy) is 3. The number of esters is 3. The van der Waals surface area contributed by atoms with Crippen molar-refractivity contribution in [2.75, 3.05) is 13.2 Å². The second-order valence-corrected chi connectivity index (χ2v) is 7.27. The highest BCUT2D eigenvalue weighted by molar-refractivity contribution is 5.91. The largest absolute Gasteiger partial charge is 0.461 e. The lowest BCUT2D eigenvalue weighted by atomic mass is 9.86. The van der Waals surface area contributed by atoms with Crippen molar-refractivity contribution in [2.45, 2.75) is 52.2 Å². The first-order valence-corrected chi connectivity index (χ1v) is 9.61. The molecule has 0 unspecified atom stereocenters. The molecule has 2 aliphatic rings. The molecule has 0 bridgehead atoms. The summed E-state index contributed by atoms with van der Waals surface area (Å²) in [5, 5.41) is 10.7. The Morgan fingerprint density at radius 1 is 1.38 bits per heavy atom. The molecule has 1 aliphatic heterocycles. The third kappa shape index (κ3) is 6.15. The Bertz CT molecular complexity index is 772. The van der Waals surface area contributed by atoms with E-state index in [1.165, 1.54) is 13.0 Å². The molecule has 0 saturated carbocycles. The minimum absolute atomic E-state index is 0.0150. The maximum Gasteiger partial charge on any atom is 0.337 e. The molecule has 158 valence electrons. The van der Waals surface area contributed by atoms with Gasteiger partial charge in [-0.1, -0.05) is 30.4 Å². The zero-order chi connectivity index (χ0) is 21.6. The number of rotatable bonds is 5. The van der Waals surface area contributed by atoms with Crippen LogP contribution in [-0.2, 0) is 28.6 Å². The van der Waals surface area contributed by atoms with Gasteiger partial charge in [0.05, 0.1) is 17.6 Å². The lowest BCUT2D eigenvalue weighted by Crippen LogP contribution is -2.29. The molecule has 0 spiro atoms. The van der Waals surface area contributed by atoms with Crippen molar-refractivity contribution < 1.29 is 33.7 Å². The van der Waals surface area contributed by atoms with Gasteiger partial charge in [0.15, 0.2) is 0 Å². The second-order valence-electron chi connectivity index (χ2n) is 7.27. The van der Waals surface area contributed by atoms with E-state index in [1.54, 1.807) is 13.0 Å². The van der Waals surface area contributed by atoms with Crippen molar-refractivity contribution in [1.29, 1.82) is 0 Å². The fraction of sp³-hybridized carbons (Fsp3) is 0.500. The second kappa shape index (κ2) is 10.2. The van der Waals surface area contributed by atoms with Gasteiger partial charge in [0.25, 0.3) is 0 Å². The Morgan fingerprint density at radius 2 is 2.10 bits per heavy atom. The summed E-state index contributed by atoms with van der Waals surface area (Å²) in [7, 11) is 0. The molecule has 7 nitrogen and oxygen atoms in total. The number of allylic oxidation sites excluding steroid dienone is 2. The van der Waals surface area contributed by atoms with E-state index in [0.717, 1.165) is 11.1 Å². The summed E-state index contributed by atoms with van der Waals surface area (Å²) in [4.78, 5) is 35.1. The highest BCUT2D eigenvalue weighted by Crippen LogP contribution is 2.35. The number of fused-ring (bicyclic) bond motifs is 1. The van der Waals surface area contributed by atoms with Gasteiger partial charge in [0.1, 0.15) is 19.3 Å². The number of carbonyl (C=O) groups is 3. The van der Waals surface area contributed by atoms with Crippen LogP contribution in [0.2, 0.25) is 0 Å². The average Bonchev–Trinajstić information content (AvgIpc) is 2.92. The lowest BCUT2D eigenvalue weighted by molar-refractivity contribution is -0.143. The Hall–Kier alpha value is -2.67. The standard InChI is InChI=1S/C22H28O7/c1-5-17(12-27-15(4)23)22(26)28-11-16-8-6-7-13(2)9-19-20(18(24)10-16)14(3)21(25)29-19/h5,7,10,18-20,24H,3,6,8-9,11-12H2,1-2,4H3/b13-7+,16-10-,17-5+/t18-,19+,20+/m1/s1. The third-order valence-electron chi connectivity index (χ3n) is 5.01. The summed E-state index contributed by atoms with van der Waals surface area (Å²) in [6.07, 6.45) is 5.62. The summed E-state index contributed by atoms with van der Waals surface area (Å²) in [6, 6.07) is 0. The van der Waals surface area contributed by atoms with Crippen molar-refractivity contribution in [1.82, 2.24) is 0 Å². The fourth-order valence-corrected chi connectivity index (χ4v) is 3.39. The zero-order valence-corrected chi connectivity index (χ0v) is 17.1. The number of aliphatic hydroxyl groups excluding tert-OH is 1. The van der Waals surface area contributed by atoms with Crippen LogP contribution in [0, 0.1) is 5.92 Å². The smallest absolute Gasteiger partial charge is 0.337 e. The topological polar surface area (TPSA) is 99.1 Å². The van der Waals surface area contributed by atoms with Crippen molar-refractivity contribution in [2.24, 2.45) is 5.92 Å². The van der Waals surface area contributed by atoms with E-state index in [0.29, 0.717) is 19.3 Å². The SMILES string of the molecule is C=C1C(=O)O[C@H]2C/C(C)=C/CC/C(COC(=O)/C(=C/C)COC(C)=O)=C/[C@@H](O)[C@H]12. The summed E-state index contributed by atoms with van der Waals surface area (Å²) in [5.41, 5.74) is 2.28. The van der Waals surface area contributed by atoms with Crippen LogP contribution in [-0.4, -0.2) is 48.4 Å². The number of carbonyl (C=O) groups excluding carboxylic acids is 3. The Balaban J connectivity index is 2.11. The van der Waals surface area contributed by atoms with Gasteiger partial charge < -0.3 is 19.3 Å². The quantitative estimate of drug-likeness (QED) is 0.325. The molecule has 1 aliphatic carbocycles. The molecule has 1 N–H and O–H groups in total. The molecule has 0 radical (unpaired) electrons. The Labute approximate surface area is 170 Å². The molecule has 29 heavy (non-hydrogen) atoms. The minimum Gasteiger partial charge on any atom is -0.461 e. The van der Waals surface area contributed by atoms with Gasteiger partial charge in [-0.05, 0) is 32.3 Å². The predicted molar refractivity (Wildman–Crippen MR) is 106 cm³/mol. The van der Waals surface area contributed by atoms with Crippen LogP contribution in [0.4, 0.5) is 0 Å². The lowest BCUT2D eigenvalue weighted by Gasteiger charge is -2.23. The first-order valence-electron chi connectivity index (χ1n) is 9.61. The van der Waals surface area contributed by atoms with Crippen LogP contribution in [0.5, 0.6) is 0 Å². The van der Waals surface area contributed by atoms with Crippen LogP contribution >= 0.6 is 0 Å². The molecule has 0 amide bonds. The molecule has 1 saturated heterocycles. The first-order chi connectivity index (χ1) is 13.7. The van der Waals surface area contributed by atoms with Gasteiger partial charge in [-0.15, -0.1) is 0 Å². The van der Waals surface area contributed by atoms with E-state index >= 15 is 0 Å². The van der Waals surface area contributed by atoms with Gasteiger partial charge >= 0.3 is 17.9 Å². The maximum absolute atomic E-state index is 12.3. The normalized spacial score (nSPS) is 29.0. The van der Waals surface area contributed by atoms with E-state index in [4.69, 9.17) is 14.2 Å². The summed E-state index contributed by atoms with van der Waals surface area (Å²) >= 11 is 0. The predicted octanol–water partition coefficient (Wildman–Crippen LogP) is 2.55. The maximum atomic E-state index is 12.3. The fourth-order valence-electron chi connectivity index (χ4n) is 3.39. The van der Waals surface area contributed by atoms with Crippen LogP contribution in [0.3, 0.4) is 0 Å². The van der Waals surface area contributed by atoms with Gasteiger partial charge in [-0.2, -0.15) is 0 Å². The first kappa shape index (κ1) is 22.6. The number of hydrogen-bond acceptors (Lipinski definition) is 7. The molecule has 7 heteroatoms. The van der Waals surface area contributed by atoms with Crippen LogP contribution in [0.25, 0.3) is 0 Å². The minimum atomic E-state index is -0.971. The molecular formula is C22H28O7. The van der Waals surface area contributed by atoms with Gasteiger partial charge in [-0.25, -0.2) is 9.59 Å². The van der Waals surface area contributed by atoms with Crippen molar-refractivity contribution in [3.8, 4) is 0 Å². The molecule has 0 aromatic carbocycles. The Morgan fingerprint density at radius 3 is 2.76 bits per heavy atom. The number of hydrogen-bond donors (Lipinski definition) is 1. The summed E-state index contributed by atoms with van der Waals surface area (Å²) in [6.45, 7) is 8.48. The molecular weight excluding hydrogens is 376 g/mol. The summed E-state index contributed by atoms with van der Waals surface area (Å²) in [5.74, 6) is -2.10. The molecule has 0 aromatic heterocycles. The number of aliphatic hydroxyl groups is 1. The van der Waals surface area contributed by atoms with E-state index in [2.05, 4.69) is 12.7 Å². The monoisotopic (exact) mass is 404 g/mol. The van der Waals surface area contributed by atoms with Crippen molar-refractivity contribution in [3.05, 3.63) is 47.1 Å². The van der Waals surface area contributed by atoms with Crippen LogP contribution in [0.1, 0.15) is 40.0 Å². The molecule has 1 fully saturated rings. The van der Waals surface area contributed by atoms with Crippen molar-refractivity contribution in [3.63, 3.8) is 0 Å². The highest BCUT2D eigenvalue weighted by Gasteiger charge is 2.42. The van der Waals surface area contributed by atoms with E-state index < -0.39 is 36.0 Å². The van der Waals surface area contributed by atoms with Crippen LogP contribution in [0.15, 0.2) is 47.1 Å². The molecule has 3 atom stereocenters.